The number of hydrogen-bond acceptors (Lipinski definition) is 10. The van der Waals surface area contributed by atoms with E-state index in [-0.39, 0.29) is 56.0 Å². The zero-order valence-corrected chi connectivity index (χ0v) is 16.0. The summed E-state index contributed by atoms with van der Waals surface area (Å²) in [5.41, 5.74) is 10.5. The molecule has 12 heteroatoms. The first kappa shape index (κ1) is 18.4. The van der Waals surface area contributed by atoms with Crippen LogP contribution in [0.5, 0.6) is 0 Å². The van der Waals surface area contributed by atoms with E-state index in [9.17, 15) is 19.8 Å². The molecule has 3 atom stereocenters. The molecule has 0 aromatic rings. The summed E-state index contributed by atoms with van der Waals surface area (Å²) in [5.74, 6) is -2.31. The summed E-state index contributed by atoms with van der Waals surface area (Å²) < 4.78 is 0. The second-order valence-corrected chi connectivity index (χ2v) is 8.48. The van der Waals surface area contributed by atoms with Crippen LogP contribution in [0.25, 0.3) is 0 Å². The lowest BCUT2D eigenvalue weighted by Gasteiger charge is -2.49. The molecule has 5 rings (SSSR count). The van der Waals surface area contributed by atoms with Gasteiger partial charge < -0.3 is 36.8 Å². The molecule has 29 heavy (non-hydrogen) atoms. The summed E-state index contributed by atoms with van der Waals surface area (Å²) >= 11 is 0. The van der Waals surface area contributed by atoms with Crippen LogP contribution in [0.15, 0.2) is 9.98 Å². The van der Waals surface area contributed by atoms with Crippen molar-refractivity contribution in [2.45, 2.75) is 61.7 Å². The number of amides is 3. The Labute approximate surface area is 167 Å². The lowest BCUT2D eigenvalue weighted by molar-refractivity contribution is -0.221. The van der Waals surface area contributed by atoms with Crippen molar-refractivity contribution >= 4 is 23.9 Å². The molecular weight excluding hydrogens is 380 g/mol. The standard InChI is InChI=1S/C17H26N8O4/c18-13-21-12-10(20-14(19)25-6-5-16(28,29)17(12,25)22-13)7-24-11(26)8-23(15(24)27)9-3-1-2-4-9/h9-10,12,28-29H,1-8H2,(H2,19,20)(H3,18,21,22)/t10-,12-,17-/m0/s1. The third kappa shape index (κ3) is 2.38. The number of aliphatic hydroxyl groups is 2. The molecule has 1 aliphatic carbocycles. The van der Waals surface area contributed by atoms with E-state index in [1.165, 1.54) is 4.90 Å². The van der Waals surface area contributed by atoms with E-state index in [0.717, 1.165) is 25.7 Å². The van der Waals surface area contributed by atoms with Gasteiger partial charge in [-0.3, -0.25) is 9.69 Å². The van der Waals surface area contributed by atoms with Crippen LogP contribution < -0.4 is 16.8 Å². The quantitative estimate of drug-likeness (QED) is 0.248. The van der Waals surface area contributed by atoms with Gasteiger partial charge in [0.05, 0.1) is 12.6 Å². The fourth-order valence-corrected chi connectivity index (χ4v) is 5.50. The number of nitrogens with two attached hydrogens (primary N) is 2. The smallest absolute Gasteiger partial charge is 0.327 e. The minimum Gasteiger partial charge on any atom is -0.370 e. The van der Waals surface area contributed by atoms with Crippen molar-refractivity contribution in [1.29, 1.82) is 0 Å². The molecule has 3 amide bonds. The molecule has 3 fully saturated rings. The van der Waals surface area contributed by atoms with E-state index in [1.54, 1.807) is 9.80 Å². The van der Waals surface area contributed by atoms with Gasteiger partial charge in [-0.1, -0.05) is 12.8 Å². The number of urea groups is 1. The highest BCUT2D eigenvalue weighted by Gasteiger charge is 2.69. The number of carbonyl (C=O) groups excluding carboxylic acids is 2. The van der Waals surface area contributed by atoms with Crippen molar-refractivity contribution in [2.75, 3.05) is 19.6 Å². The number of nitrogens with zero attached hydrogens (tertiary/aromatic N) is 5. The summed E-state index contributed by atoms with van der Waals surface area (Å²) in [5, 5.41) is 24.3. The molecule has 4 heterocycles. The molecule has 0 bridgehead atoms. The summed E-state index contributed by atoms with van der Waals surface area (Å²) in [7, 11) is 0. The van der Waals surface area contributed by atoms with E-state index in [1.807, 2.05) is 0 Å². The van der Waals surface area contributed by atoms with E-state index in [4.69, 9.17) is 11.5 Å². The topological polar surface area (TPSA) is 173 Å². The Morgan fingerprint density at radius 2 is 1.90 bits per heavy atom. The van der Waals surface area contributed by atoms with Gasteiger partial charge in [-0.15, -0.1) is 0 Å². The van der Waals surface area contributed by atoms with Gasteiger partial charge >= 0.3 is 6.03 Å². The van der Waals surface area contributed by atoms with Gasteiger partial charge in [0.25, 0.3) is 0 Å². The van der Waals surface area contributed by atoms with Crippen molar-refractivity contribution in [1.82, 2.24) is 20.0 Å². The van der Waals surface area contributed by atoms with E-state index >= 15 is 0 Å². The molecule has 1 spiro atoms. The monoisotopic (exact) mass is 406 g/mol. The number of nitrogens with one attached hydrogen (secondary N) is 1. The molecule has 4 aliphatic heterocycles. The van der Waals surface area contributed by atoms with Crippen LogP contribution in [0.2, 0.25) is 0 Å². The van der Waals surface area contributed by atoms with Gasteiger partial charge in [-0.2, -0.15) is 0 Å². The number of hydrogen-bond donors (Lipinski definition) is 5. The van der Waals surface area contributed by atoms with Gasteiger partial charge in [0.2, 0.25) is 11.7 Å². The molecule has 7 N–H and O–H groups in total. The first-order valence-electron chi connectivity index (χ1n) is 10.0. The van der Waals surface area contributed by atoms with Crippen molar-refractivity contribution in [3.05, 3.63) is 0 Å². The average Bonchev–Trinajstić information content (AvgIpc) is 3.39. The Bertz CT molecular complexity index is 822. The third-order valence-electron chi connectivity index (χ3n) is 6.90. The van der Waals surface area contributed by atoms with Crippen LogP contribution in [-0.2, 0) is 4.79 Å². The second kappa shape index (κ2) is 5.95. The number of carbonyl (C=O) groups is 2. The van der Waals surface area contributed by atoms with Crippen LogP contribution in [0, 0.1) is 0 Å². The van der Waals surface area contributed by atoms with Crippen LogP contribution in [0.4, 0.5) is 4.79 Å². The highest BCUT2D eigenvalue weighted by Crippen LogP contribution is 2.44. The Hall–Kier alpha value is -2.60. The maximum Gasteiger partial charge on any atom is 0.327 e. The predicted molar refractivity (Wildman–Crippen MR) is 101 cm³/mol. The molecule has 12 nitrogen and oxygen atoms in total. The Morgan fingerprint density at radius 1 is 1.17 bits per heavy atom. The zero-order valence-electron chi connectivity index (χ0n) is 16.0. The summed E-state index contributed by atoms with van der Waals surface area (Å²) in [6, 6.07) is -1.79. The maximum absolute atomic E-state index is 12.9. The molecule has 1 saturated carbocycles. The van der Waals surface area contributed by atoms with Crippen LogP contribution in [0.1, 0.15) is 32.1 Å². The van der Waals surface area contributed by atoms with Crippen molar-refractivity contribution < 1.29 is 19.8 Å². The van der Waals surface area contributed by atoms with Gasteiger partial charge in [-0.05, 0) is 12.8 Å². The predicted octanol–water partition coefficient (Wildman–Crippen LogP) is -2.74. The third-order valence-corrected chi connectivity index (χ3v) is 6.90. The lowest BCUT2D eigenvalue weighted by atomic mass is 9.86. The maximum atomic E-state index is 12.9. The Balaban J connectivity index is 1.44. The highest BCUT2D eigenvalue weighted by atomic mass is 16.5. The molecule has 5 aliphatic rings. The molecule has 158 valence electrons. The second-order valence-electron chi connectivity index (χ2n) is 8.48. The fraction of sp³-hybridized carbons (Fsp3) is 0.765. The first-order chi connectivity index (χ1) is 13.7. The normalized spacial score (nSPS) is 36.3. The fourth-order valence-electron chi connectivity index (χ4n) is 5.50. The summed E-state index contributed by atoms with van der Waals surface area (Å²) in [4.78, 5) is 38.7. The molecule has 0 aromatic carbocycles. The highest BCUT2D eigenvalue weighted by molar-refractivity contribution is 6.02. The van der Waals surface area contributed by atoms with Gasteiger partial charge in [0, 0.05) is 19.0 Å². The minimum atomic E-state index is -2.16. The number of imide groups is 1. The molecular formula is C17H26N8O4. The number of aliphatic imine (C=N–C) groups is 2. The van der Waals surface area contributed by atoms with Crippen LogP contribution in [-0.4, -0.2) is 98.0 Å². The lowest BCUT2D eigenvalue weighted by Crippen LogP contribution is -2.76. The van der Waals surface area contributed by atoms with Crippen LogP contribution in [0.3, 0.4) is 0 Å². The molecule has 0 unspecified atom stereocenters. The zero-order chi connectivity index (χ0) is 20.6. The summed E-state index contributed by atoms with van der Waals surface area (Å²) in [6.07, 6.45) is 3.95. The minimum absolute atomic E-state index is 0.0271. The Morgan fingerprint density at radius 3 is 2.62 bits per heavy atom. The Kier molecular flexibility index (Phi) is 3.78. The van der Waals surface area contributed by atoms with E-state index < -0.39 is 23.5 Å². The van der Waals surface area contributed by atoms with Gasteiger partial charge in [0.15, 0.2) is 17.6 Å². The molecule has 2 saturated heterocycles. The van der Waals surface area contributed by atoms with E-state index in [0.29, 0.717) is 0 Å². The van der Waals surface area contributed by atoms with Gasteiger partial charge in [0.1, 0.15) is 12.6 Å². The van der Waals surface area contributed by atoms with Gasteiger partial charge in [-0.25, -0.2) is 14.8 Å². The largest absolute Gasteiger partial charge is 0.370 e. The van der Waals surface area contributed by atoms with Crippen LogP contribution >= 0.6 is 0 Å². The molecule has 0 aromatic heterocycles. The average molecular weight is 406 g/mol. The van der Waals surface area contributed by atoms with Crippen molar-refractivity contribution in [3.63, 3.8) is 0 Å². The SMILES string of the molecule is NC1=N[C@H]2[C@H](CN3C(=O)CN(C4CCCC4)C3=O)N=C(N)N3CCC(O)(O)[C@]23N1. The number of rotatable bonds is 3. The van der Waals surface area contributed by atoms with Crippen molar-refractivity contribution in [2.24, 2.45) is 21.5 Å². The summed E-state index contributed by atoms with van der Waals surface area (Å²) in [6.45, 7) is 0.277. The first-order valence-corrected chi connectivity index (χ1v) is 10.0. The van der Waals surface area contributed by atoms with E-state index in [2.05, 4.69) is 15.3 Å². The molecule has 0 radical (unpaired) electrons. The van der Waals surface area contributed by atoms with Crippen molar-refractivity contribution in [3.8, 4) is 0 Å². The number of guanidine groups is 2.